The maximum absolute atomic E-state index is 12.2. The van der Waals surface area contributed by atoms with E-state index in [1.165, 1.54) is 12.5 Å². The van der Waals surface area contributed by atoms with E-state index < -0.39 is 10.0 Å². The number of primary sulfonamides is 1. The molecule has 1 aliphatic carbocycles. The Hall–Kier alpha value is -1.40. The van der Waals surface area contributed by atoms with Crippen LogP contribution in [0.1, 0.15) is 54.9 Å². The number of nitrogens with one attached hydrogen (secondary N) is 1. The molecule has 0 radical (unpaired) electrons. The van der Waals surface area contributed by atoms with Crippen LogP contribution >= 0.6 is 0 Å². The second-order valence-electron chi connectivity index (χ2n) is 5.53. The second-order valence-corrected chi connectivity index (χ2v) is 7.06. The summed E-state index contributed by atoms with van der Waals surface area (Å²) in [6, 6.07) is 4.89. The minimum atomic E-state index is -3.81. The van der Waals surface area contributed by atoms with Crippen molar-refractivity contribution in [2.75, 3.05) is 0 Å². The van der Waals surface area contributed by atoms with Crippen LogP contribution in [-0.2, 0) is 16.4 Å². The van der Waals surface area contributed by atoms with E-state index >= 15 is 0 Å². The van der Waals surface area contributed by atoms with Gasteiger partial charge in [-0.05, 0) is 37.0 Å². The topological polar surface area (TPSA) is 89.3 Å². The van der Waals surface area contributed by atoms with E-state index in [-0.39, 0.29) is 16.8 Å². The number of carbonyl (C=O) groups excluding carboxylic acids is 1. The highest BCUT2D eigenvalue weighted by Crippen LogP contribution is 2.20. The van der Waals surface area contributed by atoms with Crippen molar-refractivity contribution in [2.45, 2.75) is 56.4 Å². The van der Waals surface area contributed by atoms with Crippen LogP contribution in [0, 0.1) is 0 Å². The molecule has 0 atom stereocenters. The lowest BCUT2D eigenvalue weighted by molar-refractivity contribution is 0.0927. The van der Waals surface area contributed by atoms with Gasteiger partial charge in [0.25, 0.3) is 5.91 Å². The predicted octanol–water partition coefficient (Wildman–Crippen LogP) is 1.96. The summed E-state index contributed by atoms with van der Waals surface area (Å²) in [4.78, 5) is 12.3. The van der Waals surface area contributed by atoms with Gasteiger partial charge in [-0.15, -0.1) is 0 Å². The van der Waals surface area contributed by atoms with Gasteiger partial charge in [-0.2, -0.15) is 0 Å². The van der Waals surface area contributed by atoms with E-state index in [0.29, 0.717) is 17.5 Å². The zero-order valence-corrected chi connectivity index (χ0v) is 13.1. The molecular formula is C15H22N2O3S. The lowest BCUT2D eigenvalue weighted by atomic mass is 9.95. The van der Waals surface area contributed by atoms with Crippen molar-refractivity contribution in [3.63, 3.8) is 0 Å². The molecule has 0 aromatic heterocycles. The van der Waals surface area contributed by atoms with Gasteiger partial charge >= 0.3 is 0 Å². The van der Waals surface area contributed by atoms with E-state index in [9.17, 15) is 13.2 Å². The zero-order chi connectivity index (χ0) is 15.5. The molecule has 2 rings (SSSR count). The number of sulfonamides is 1. The normalized spacial score (nSPS) is 16.7. The van der Waals surface area contributed by atoms with Gasteiger partial charge in [0.05, 0.1) is 4.90 Å². The summed E-state index contributed by atoms with van der Waals surface area (Å²) in [5, 5.41) is 8.20. The average Bonchev–Trinajstić information content (AvgIpc) is 2.46. The Bertz CT molecular complexity index is 620. The van der Waals surface area contributed by atoms with Crippen LogP contribution in [0.15, 0.2) is 23.1 Å². The summed E-state index contributed by atoms with van der Waals surface area (Å²) in [6.07, 6.45) is 6.00. The molecule has 1 aliphatic rings. The Morgan fingerprint density at radius 2 is 1.95 bits per heavy atom. The molecule has 0 aliphatic heterocycles. The van der Waals surface area contributed by atoms with Gasteiger partial charge in [-0.1, -0.05) is 32.3 Å². The number of aryl methyl sites for hydroxylation is 1. The van der Waals surface area contributed by atoms with Gasteiger partial charge in [0.1, 0.15) is 0 Å². The van der Waals surface area contributed by atoms with Crippen molar-refractivity contribution >= 4 is 15.9 Å². The van der Waals surface area contributed by atoms with Gasteiger partial charge in [0.15, 0.2) is 0 Å². The van der Waals surface area contributed by atoms with Crippen LogP contribution in [0.25, 0.3) is 0 Å². The summed E-state index contributed by atoms with van der Waals surface area (Å²) in [7, 11) is -3.81. The second kappa shape index (κ2) is 6.58. The zero-order valence-electron chi connectivity index (χ0n) is 12.3. The van der Waals surface area contributed by atoms with Crippen LogP contribution in [0.2, 0.25) is 0 Å². The van der Waals surface area contributed by atoms with Crippen LogP contribution in [0.5, 0.6) is 0 Å². The quantitative estimate of drug-likeness (QED) is 0.891. The lowest BCUT2D eigenvalue weighted by Gasteiger charge is -2.23. The summed E-state index contributed by atoms with van der Waals surface area (Å²) >= 11 is 0. The number of hydrogen-bond acceptors (Lipinski definition) is 3. The summed E-state index contributed by atoms with van der Waals surface area (Å²) < 4.78 is 23.2. The lowest BCUT2D eigenvalue weighted by Crippen LogP contribution is -2.36. The van der Waals surface area contributed by atoms with Gasteiger partial charge in [-0.25, -0.2) is 13.6 Å². The van der Waals surface area contributed by atoms with Crippen LogP contribution in [0.4, 0.5) is 0 Å². The van der Waals surface area contributed by atoms with Gasteiger partial charge in [0.2, 0.25) is 10.0 Å². The molecule has 1 saturated carbocycles. The molecular weight excluding hydrogens is 288 g/mol. The van der Waals surface area contributed by atoms with E-state index in [1.807, 2.05) is 6.92 Å². The molecule has 6 heteroatoms. The molecule has 5 nitrogen and oxygen atoms in total. The molecule has 3 N–H and O–H groups in total. The number of nitrogens with two attached hydrogens (primary N) is 1. The van der Waals surface area contributed by atoms with Gasteiger partial charge < -0.3 is 5.32 Å². The summed E-state index contributed by atoms with van der Waals surface area (Å²) in [5.41, 5.74) is 0.980. The first-order valence-electron chi connectivity index (χ1n) is 7.38. The highest BCUT2D eigenvalue weighted by atomic mass is 32.2. The molecule has 1 aromatic carbocycles. The fourth-order valence-corrected chi connectivity index (χ4v) is 3.64. The van der Waals surface area contributed by atoms with Gasteiger partial charge in [-0.3, -0.25) is 4.79 Å². The summed E-state index contributed by atoms with van der Waals surface area (Å²) in [6.45, 7) is 1.85. The third-order valence-corrected chi connectivity index (χ3v) is 4.95. The molecule has 21 heavy (non-hydrogen) atoms. The number of amides is 1. The van der Waals surface area contributed by atoms with Crippen molar-refractivity contribution < 1.29 is 13.2 Å². The van der Waals surface area contributed by atoms with Crippen LogP contribution in [0.3, 0.4) is 0 Å². The van der Waals surface area contributed by atoms with Gasteiger partial charge in [0, 0.05) is 11.6 Å². The Balaban J connectivity index is 2.21. The van der Waals surface area contributed by atoms with Crippen LogP contribution in [-0.4, -0.2) is 20.4 Å². The van der Waals surface area contributed by atoms with E-state index in [4.69, 9.17) is 5.14 Å². The van der Waals surface area contributed by atoms with Crippen molar-refractivity contribution in [1.29, 1.82) is 0 Å². The van der Waals surface area contributed by atoms with E-state index in [2.05, 4.69) is 5.32 Å². The molecule has 0 unspecified atom stereocenters. The van der Waals surface area contributed by atoms with Crippen molar-refractivity contribution in [3.05, 3.63) is 29.3 Å². The molecule has 1 aromatic rings. The Labute approximate surface area is 126 Å². The molecule has 116 valence electrons. The standard InChI is InChI=1S/C15H22N2O3S/c1-2-11-8-9-12(10-14(11)21(16,19)20)15(18)17-13-6-4-3-5-7-13/h8-10,13H,2-7H2,1H3,(H,17,18)(H2,16,19,20). The Kier molecular flexibility index (Phi) is 5.00. The first kappa shape index (κ1) is 16.0. The molecule has 0 bridgehead atoms. The molecule has 0 heterocycles. The Morgan fingerprint density at radius 3 is 2.52 bits per heavy atom. The summed E-state index contributed by atoms with van der Waals surface area (Å²) in [5.74, 6) is -0.227. The molecule has 1 fully saturated rings. The highest BCUT2D eigenvalue weighted by Gasteiger charge is 2.19. The first-order chi connectivity index (χ1) is 9.91. The fraction of sp³-hybridized carbons (Fsp3) is 0.533. The molecule has 0 spiro atoms. The predicted molar refractivity (Wildman–Crippen MR) is 81.5 cm³/mol. The largest absolute Gasteiger partial charge is 0.349 e. The van der Waals surface area contributed by atoms with Crippen molar-refractivity contribution in [3.8, 4) is 0 Å². The van der Waals surface area contributed by atoms with Crippen LogP contribution < -0.4 is 10.5 Å². The minimum Gasteiger partial charge on any atom is -0.349 e. The van der Waals surface area contributed by atoms with Crippen molar-refractivity contribution in [1.82, 2.24) is 5.32 Å². The number of hydrogen-bond donors (Lipinski definition) is 2. The fourth-order valence-electron chi connectivity index (χ4n) is 2.77. The Morgan fingerprint density at radius 1 is 1.29 bits per heavy atom. The SMILES string of the molecule is CCc1ccc(C(=O)NC2CCCCC2)cc1S(N)(=O)=O. The maximum atomic E-state index is 12.2. The highest BCUT2D eigenvalue weighted by molar-refractivity contribution is 7.89. The molecule has 0 saturated heterocycles. The van der Waals surface area contributed by atoms with E-state index in [0.717, 1.165) is 25.7 Å². The number of benzene rings is 1. The monoisotopic (exact) mass is 310 g/mol. The average molecular weight is 310 g/mol. The maximum Gasteiger partial charge on any atom is 0.251 e. The minimum absolute atomic E-state index is 0.0429. The number of rotatable bonds is 4. The molecule has 1 amide bonds. The number of carbonyl (C=O) groups is 1. The van der Waals surface area contributed by atoms with E-state index in [1.54, 1.807) is 12.1 Å². The third kappa shape index (κ3) is 4.04. The smallest absolute Gasteiger partial charge is 0.251 e. The van der Waals surface area contributed by atoms with Crippen molar-refractivity contribution in [2.24, 2.45) is 5.14 Å². The first-order valence-corrected chi connectivity index (χ1v) is 8.93. The third-order valence-electron chi connectivity index (χ3n) is 3.96.